The van der Waals surface area contributed by atoms with Gasteiger partial charge < -0.3 is 15.0 Å². The molecule has 0 aliphatic rings. The van der Waals surface area contributed by atoms with Gasteiger partial charge in [0, 0.05) is 6.04 Å². The van der Waals surface area contributed by atoms with Gasteiger partial charge in [-0.2, -0.15) is 15.0 Å². The van der Waals surface area contributed by atoms with Crippen LogP contribution in [0.15, 0.2) is 0 Å². The zero-order valence-electron chi connectivity index (χ0n) is 10.6. The van der Waals surface area contributed by atoms with Gasteiger partial charge in [-0.1, -0.05) is 0 Å². The van der Waals surface area contributed by atoms with Crippen LogP contribution in [-0.4, -0.2) is 53.6 Å². The number of hydrogen-bond donors (Lipinski definition) is 1. The van der Waals surface area contributed by atoms with Gasteiger partial charge in [0.05, 0.1) is 7.11 Å². The maximum atomic E-state index is 5.75. The quantitative estimate of drug-likeness (QED) is 0.831. The van der Waals surface area contributed by atoms with E-state index in [1.54, 1.807) is 0 Å². The van der Waals surface area contributed by atoms with E-state index < -0.39 is 0 Å². The molecule has 0 aliphatic heterocycles. The van der Waals surface area contributed by atoms with Crippen molar-refractivity contribution in [3.63, 3.8) is 0 Å². The summed E-state index contributed by atoms with van der Waals surface area (Å²) in [4.78, 5) is 14.0. The third-order valence-corrected chi connectivity index (χ3v) is 2.32. The second-order valence-electron chi connectivity index (χ2n) is 4.05. The first kappa shape index (κ1) is 13.9. The van der Waals surface area contributed by atoms with Crippen LogP contribution < -0.4 is 10.1 Å². The number of halogens is 1. The molecule has 0 saturated heterocycles. The molecule has 7 heteroatoms. The second kappa shape index (κ2) is 6.56. The molecule has 1 heterocycles. The lowest BCUT2D eigenvalue weighted by Gasteiger charge is -2.16. The van der Waals surface area contributed by atoms with Gasteiger partial charge in [-0.15, -0.1) is 0 Å². The van der Waals surface area contributed by atoms with Crippen molar-refractivity contribution in [2.24, 2.45) is 0 Å². The van der Waals surface area contributed by atoms with Crippen molar-refractivity contribution in [3.8, 4) is 6.01 Å². The zero-order valence-corrected chi connectivity index (χ0v) is 11.3. The average Bonchev–Trinajstić information content (AvgIpc) is 2.25. The highest BCUT2D eigenvalue weighted by Gasteiger charge is 2.08. The average molecular weight is 260 g/mol. The van der Waals surface area contributed by atoms with E-state index in [0.29, 0.717) is 5.95 Å². The predicted molar refractivity (Wildman–Crippen MR) is 67.6 cm³/mol. The minimum Gasteiger partial charge on any atom is -0.467 e. The van der Waals surface area contributed by atoms with Gasteiger partial charge in [0.25, 0.3) is 0 Å². The first-order valence-electron chi connectivity index (χ1n) is 5.38. The van der Waals surface area contributed by atoms with Gasteiger partial charge in [-0.25, -0.2) is 0 Å². The number of anilines is 1. The monoisotopic (exact) mass is 259 g/mol. The molecular weight excluding hydrogens is 242 g/mol. The normalized spacial score (nSPS) is 12.6. The van der Waals surface area contributed by atoms with Crippen molar-refractivity contribution in [1.82, 2.24) is 19.9 Å². The van der Waals surface area contributed by atoms with Crippen LogP contribution in [0.2, 0.25) is 5.28 Å². The Kier molecular flexibility index (Phi) is 5.37. The number of ether oxygens (including phenoxy) is 1. The molecule has 1 atom stereocenters. The Bertz CT molecular complexity index is 361. The van der Waals surface area contributed by atoms with E-state index in [2.05, 4.69) is 32.1 Å². The Morgan fingerprint density at radius 3 is 2.65 bits per heavy atom. The van der Waals surface area contributed by atoms with Crippen LogP contribution in [0.3, 0.4) is 0 Å². The SMILES string of the molecule is COc1nc(Cl)nc(NC(C)CCN(C)C)n1. The minimum atomic E-state index is 0.124. The predicted octanol–water partition coefficient (Wildman–Crippen LogP) is 1.29. The van der Waals surface area contributed by atoms with Gasteiger partial charge in [-0.3, -0.25) is 0 Å². The van der Waals surface area contributed by atoms with E-state index in [1.165, 1.54) is 7.11 Å². The van der Waals surface area contributed by atoms with Gasteiger partial charge >= 0.3 is 6.01 Å². The highest BCUT2D eigenvalue weighted by molar-refractivity contribution is 6.28. The maximum absolute atomic E-state index is 5.75. The Hall–Kier alpha value is -1.14. The standard InChI is InChI=1S/C10H18ClN5O/c1-7(5-6-16(2)3)12-9-13-8(11)14-10(15-9)17-4/h7H,5-6H2,1-4H3,(H,12,13,14,15). The van der Waals surface area contributed by atoms with Crippen molar-refractivity contribution < 1.29 is 4.74 Å². The molecule has 1 aromatic rings. The molecule has 96 valence electrons. The Balaban J connectivity index is 2.58. The topological polar surface area (TPSA) is 63.2 Å². The smallest absolute Gasteiger partial charge is 0.322 e. The zero-order chi connectivity index (χ0) is 12.8. The summed E-state index contributed by atoms with van der Waals surface area (Å²) in [6, 6.07) is 0.466. The lowest BCUT2D eigenvalue weighted by molar-refractivity contribution is 0.377. The van der Waals surface area contributed by atoms with Gasteiger partial charge in [0.15, 0.2) is 0 Å². The fraction of sp³-hybridized carbons (Fsp3) is 0.700. The molecular formula is C10H18ClN5O. The first-order valence-corrected chi connectivity index (χ1v) is 5.76. The summed E-state index contributed by atoms with van der Waals surface area (Å²) in [6.45, 7) is 3.05. The third kappa shape index (κ3) is 5.14. The summed E-state index contributed by atoms with van der Waals surface area (Å²) >= 11 is 5.75. The van der Waals surface area contributed by atoms with Crippen LogP contribution in [0.4, 0.5) is 5.95 Å². The molecule has 0 aliphatic carbocycles. The minimum absolute atomic E-state index is 0.124. The number of nitrogens with one attached hydrogen (secondary N) is 1. The molecule has 17 heavy (non-hydrogen) atoms. The molecule has 0 aromatic carbocycles. The van der Waals surface area contributed by atoms with Crippen molar-refractivity contribution in [3.05, 3.63) is 5.28 Å². The molecule has 0 fully saturated rings. The van der Waals surface area contributed by atoms with Crippen molar-refractivity contribution in [2.75, 3.05) is 33.1 Å². The van der Waals surface area contributed by atoms with E-state index in [1.807, 2.05) is 14.1 Å². The molecule has 0 saturated carbocycles. The fourth-order valence-electron chi connectivity index (χ4n) is 1.23. The lowest BCUT2D eigenvalue weighted by atomic mass is 10.2. The fourth-order valence-corrected chi connectivity index (χ4v) is 1.38. The number of hydrogen-bond acceptors (Lipinski definition) is 6. The molecule has 1 unspecified atom stereocenters. The van der Waals surface area contributed by atoms with Crippen LogP contribution >= 0.6 is 11.6 Å². The highest BCUT2D eigenvalue weighted by atomic mass is 35.5. The van der Waals surface area contributed by atoms with E-state index in [0.717, 1.165) is 13.0 Å². The number of methoxy groups -OCH3 is 1. The summed E-state index contributed by atoms with van der Waals surface area (Å²) in [5.74, 6) is 0.438. The summed E-state index contributed by atoms with van der Waals surface area (Å²) in [6.07, 6.45) is 0.985. The van der Waals surface area contributed by atoms with Crippen molar-refractivity contribution in [2.45, 2.75) is 19.4 Å². The largest absolute Gasteiger partial charge is 0.467 e. The number of nitrogens with zero attached hydrogens (tertiary/aromatic N) is 4. The Morgan fingerprint density at radius 2 is 2.06 bits per heavy atom. The molecule has 6 nitrogen and oxygen atoms in total. The highest BCUT2D eigenvalue weighted by Crippen LogP contribution is 2.12. The maximum Gasteiger partial charge on any atom is 0.322 e. The van der Waals surface area contributed by atoms with E-state index in [-0.39, 0.29) is 17.3 Å². The van der Waals surface area contributed by atoms with Crippen molar-refractivity contribution in [1.29, 1.82) is 0 Å². The third-order valence-electron chi connectivity index (χ3n) is 2.16. The summed E-state index contributed by atoms with van der Waals surface area (Å²) in [5, 5.41) is 3.28. The molecule has 1 N–H and O–H groups in total. The van der Waals surface area contributed by atoms with Crippen LogP contribution in [-0.2, 0) is 0 Å². The van der Waals surface area contributed by atoms with E-state index in [9.17, 15) is 0 Å². The summed E-state index contributed by atoms with van der Waals surface area (Å²) in [5.41, 5.74) is 0. The molecule has 0 spiro atoms. The Morgan fingerprint density at radius 1 is 1.35 bits per heavy atom. The number of rotatable bonds is 6. The van der Waals surface area contributed by atoms with Crippen LogP contribution in [0, 0.1) is 0 Å². The Labute approximate surface area is 106 Å². The molecule has 1 aromatic heterocycles. The molecule has 1 rings (SSSR count). The van der Waals surface area contributed by atoms with Gasteiger partial charge in [0.1, 0.15) is 0 Å². The summed E-state index contributed by atoms with van der Waals surface area (Å²) in [7, 11) is 5.57. The first-order chi connectivity index (χ1) is 8.01. The number of aromatic nitrogens is 3. The summed E-state index contributed by atoms with van der Waals surface area (Å²) < 4.78 is 4.92. The lowest BCUT2D eigenvalue weighted by Crippen LogP contribution is -2.24. The van der Waals surface area contributed by atoms with Crippen LogP contribution in [0.1, 0.15) is 13.3 Å². The molecule has 0 radical (unpaired) electrons. The molecule has 0 bridgehead atoms. The molecule has 0 amide bonds. The van der Waals surface area contributed by atoms with Gasteiger partial charge in [-0.05, 0) is 45.6 Å². The van der Waals surface area contributed by atoms with E-state index in [4.69, 9.17) is 16.3 Å². The van der Waals surface area contributed by atoms with Gasteiger partial charge in [0.2, 0.25) is 11.2 Å². The van der Waals surface area contributed by atoms with Crippen molar-refractivity contribution >= 4 is 17.5 Å². The van der Waals surface area contributed by atoms with Crippen LogP contribution in [0.5, 0.6) is 6.01 Å². The van der Waals surface area contributed by atoms with Crippen LogP contribution in [0.25, 0.3) is 0 Å². The second-order valence-corrected chi connectivity index (χ2v) is 4.39. The van der Waals surface area contributed by atoms with E-state index >= 15 is 0 Å².